The maximum absolute atomic E-state index is 10.5. The van der Waals surface area contributed by atoms with Gasteiger partial charge in [0.2, 0.25) is 0 Å². The van der Waals surface area contributed by atoms with Crippen molar-refractivity contribution in [3.63, 3.8) is 0 Å². The van der Waals surface area contributed by atoms with Crippen molar-refractivity contribution in [2.24, 2.45) is 0 Å². The molecule has 0 saturated heterocycles. The van der Waals surface area contributed by atoms with Gasteiger partial charge in [0.05, 0.1) is 5.52 Å². The lowest BCUT2D eigenvalue weighted by Crippen LogP contribution is -1.77. The molecule has 0 spiro atoms. The highest BCUT2D eigenvalue weighted by Crippen LogP contribution is 2.22. The van der Waals surface area contributed by atoms with Gasteiger partial charge in [-0.3, -0.25) is 4.79 Å². The Morgan fingerprint density at radius 2 is 2.42 bits per heavy atom. The van der Waals surface area contributed by atoms with Gasteiger partial charge >= 0.3 is 0 Å². The maximum Gasteiger partial charge on any atom is 0.152 e. The summed E-state index contributed by atoms with van der Waals surface area (Å²) < 4.78 is 0.730. The standard InChI is InChI=1S/C8H5BrN2O/c9-8-7-6(1-2-10-8)5(4-12)3-11-7/h1-4,11H. The number of fused-ring (bicyclic) bond motifs is 1. The van der Waals surface area contributed by atoms with Crippen LogP contribution in [-0.2, 0) is 0 Å². The van der Waals surface area contributed by atoms with Crippen LogP contribution in [0, 0.1) is 0 Å². The van der Waals surface area contributed by atoms with Crippen LogP contribution in [0.5, 0.6) is 0 Å². The molecule has 0 saturated carbocycles. The number of hydrogen-bond acceptors (Lipinski definition) is 2. The van der Waals surface area contributed by atoms with Gasteiger partial charge in [0.25, 0.3) is 0 Å². The Labute approximate surface area is 76.9 Å². The van der Waals surface area contributed by atoms with Crippen LogP contribution in [0.15, 0.2) is 23.1 Å². The third-order valence-corrected chi connectivity index (χ3v) is 2.32. The minimum absolute atomic E-state index is 0.660. The van der Waals surface area contributed by atoms with Crippen molar-refractivity contribution >= 4 is 33.1 Å². The van der Waals surface area contributed by atoms with Gasteiger partial charge < -0.3 is 4.98 Å². The molecule has 2 heterocycles. The summed E-state index contributed by atoms with van der Waals surface area (Å²) in [5, 5.41) is 0.895. The van der Waals surface area contributed by atoms with Crippen LogP contribution in [0.3, 0.4) is 0 Å². The van der Waals surface area contributed by atoms with Gasteiger partial charge in [-0.15, -0.1) is 0 Å². The van der Waals surface area contributed by atoms with Crippen LogP contribution in [0.1, 0.15) is 10.4 Å². The molecule has 3 nitrogen and oxygen atoms in total. The van der Waals surface area contributed by atoms with E-state index in [9.17, 15) is 4.79 Å². The molecule has 0 amide bonds. The largest absolute Gasteiger partial charge is 0.358 e. The first-order chi connectivity index (χ1) is 5.83. The van der Waals surface area contributed by atoms with E-state index < -0.39 is 0 Å². The SMILES string of the molecule is O=Cc1c[nH]c2c(Br)nccc12. The Hall–Kier alpha value is -1.16. The van der Waals surface area contributed by atoms with Gasteiger partial charge in [0.1, 0.15) is 4.60 Å². The number of nitrogens with one attached hydrogen (secondary N) is 1. The molecule has 0 aliphatic carbocycles. The predicted molar refractivity (Wildman–Crippen MR) is 49.2 cm³/mol. The molecule has 0 aromatic carbocycles. The first-order valence-corrected chi connectivity index (χ1v) is 4.19. The topological polar surface area (TPSA) is 45.8 Å². The van der Waals surface area contributed by atoms with Crippen LogP contribution >= 0.6 is 15.9 Å². The van der Waals surface area contributed by atoms with Crippen LogP contribution in [0.25, 0.3) is 10.9 Å². The summed E-state index contributed by atoms with van der Waals surface area (Å²) in [5.41, 5.74) is 1.52. The molecular formula is C8H5BrN2O. The minimum atomic E-state index is 0.660. The highest BCUT2D eigenvalue weighted by Gasteiger charge is 2.04. The van der Waals surface area contributed by atoms with Crippen LogP contribution < -0.4 is 0 Å². The van der Waals surface area contributed by atoms with Crippen LogP contribution in [0.4, 0.5) is 0 Å². The Kier molecular flexibility index (Phi) is 1.69. The predicted octanol–water partition coefficient (Wildman–Crippen LogP) is 2.14. The summed E-state index contributed by atoms with van der Waals surface area (Å²) in [5.74, 6) is 0. The number of halogens is 1. The van der Waals surface area contributed by atoms with Crippen molar-refractivity contribution in [3.8, 4) is 0 Å². The van der Waals surface area contributed by atoms with Crippen molar-refractivity contribution in [1.82, 2.24) is 9.97 Å². The molecule has 0 fully saturated rings. The molecule has 0 radical (unpaired) electrons. The van der Waals surface area contributed by atoms with E-state index >= 15 is 0 Å². The second kappa shape index (κ2) is 2.71. The van der Waals surface area contributed by atoms with Crippen molar-refractivity contribution in [2.45, 2.75) is 0 Å². The summed E-state index contributed by atoms with van der Waals surface area (Å²) >= 11 is 3.28. The average Bonchev–Trinajstić information content (AvgIpc) is 2.49. The van der Waals surface area contributed by atoms with E-state index in [1.54, 1.807) is 18.5 Å². The van der Waals surface area contributed by atoms with Crippen LogP contribution in [-0.4, -0.2) is 16.3 Å². The third kappa shape index (κ3) is 0.956. The number of nitrogens with zero attached hydrogens (tertiary/aromatic N) is 1. The Morgan fingerprint density at radius 1 is 1.58 bits per heavy atom. The number of aldehydes is 1. The molecule has 0 aliphatic rings. The zero-order chi connectivity index (χ0) is 8.55. The Balaban J connectivity index is 2.88. The van der Waals surface area contributed by atoms with Gasteiger partial charge in [-0.1, -0.05) is 0 Å². The van der Waals surface area contributed by atoms with Crippen molar-refractivity contribution in [2.75, 3.05) is 0 Å². The van der Waals surface area contributed by atoms with E-state index in [-0.39, 0.29) is 0 Å². The molecule has 60 valence electrons. The highest BCUT2D eigenvalue weighted by atomic mass is 79.9. The zero-order valence-electron chi connectivity index (χ0n) is 6.04. The smallest absolute Gasteiger partial charge is 0.152 e. The van der Waals surface area contributed by atoms with Gasteiger partial charge in [-0.25, -0.2) is 4.98 Å². The number of aromatic amines is 1. The fourth-order valence-electron chi connectivity index (χ4n) is 1.14. The lowest BCUT2D eigenvalue weighted by Gasteiger charge is -1.91. The monoisotopic (exact) mass is 224 g/mol. The molecule has 0 atom stereocenters. The highest BCUT2D eigenvalue weighted by molar-refractivity contribution is 9.10. The van der Waals surface area contributed by atoms with Crippen molar-refractivity contribution < 1.29 is 4.79 Å². The Morgan fingerprint density at radius 3 is 3.17 bits per heavy atom. The first kappa shape index (κ1) is 7.49. The number of H-pyrrole nitrogens is 1. The molecule has 4 heteroatoms. The molecule has 2 aromatic rings. The molecule has 0 unspecified atom stereocenters. The van der Waals surface area contributed by atoms with Gasteiger partial charge in [-0.05, 0) is 22.0 Å². The lowest BCUT2D eigenvalue weighted by molar-refractivity contribution is 0.112. The molecular weight excluding hydrogens is 220 g/mol. The first-order valence-electron chi connectivity index (χ1n) is 3.39. The number of hydrogen-bond donors (Lipinski definition) is 1. The van der Waals surface area contributed by atoms with E-state index in [0.717, 1.165) is 21.8 Å². The fourth-order valence-corrected chi connectivity index (χ4v) is 1.59. The van der Waals surface area contributed by atoms with Gasteiger partial charge in [0, 0.05) is 23.3 Å². The average molecular weight is 225 g/mol. The lowest BCUT2D eigenvalue weighted by atomic mass is 10.2. The maximum atomic E-state index is 10.5. The minimum Gasteiger partial charge on any atom is -0.358 e. The number of pyridine rings is 1. The second-order valence-electron chi connectivity index (χ2n) is 2.39. The van der Waals surface area contributed by atoms with Crippen LogP contribution in [0.2, 0.25) is 0 Å². The van der Waals surface area contributed by atoms with Gasteiger partial charge in [0.15, 0.2) is 6.29 Å². The van der Waals surface area contributed by atoms with Gasteiger partial charge in [-0.2, -0.15) is 0 Å². The van der Waals surface area contributed by atoms with E-state index in [2.05, 4.69) is 25.9 Å². The summed E-state index contributed by atoms with van der Waals surface area (Å²) in [6.07, 6.45) is 4.16. The second-order valence-corrected chi connectivity index (χ2v) is 3.14. The molecule has 0 bridgehead atoms. The fraction of sp³-hybridized carbons (Fsp3) is 0. The third-order valence-electron chi connectivity index (χ3n) is 1.71. The van der Waals surface area contributed by atoms with Crippen molar-refractivity contribution in [1.29, 1.82) is 0 Å². The number of rotatable bonds is 1. The quantitative estimate of drug-likeness (QED) is 0.596. The molecule has 2 aromatic heterocycles. The van der Waals surface area contributed by atoms with E-state index in [4.69, 9.17) is 0 Å². The summed E-state index contributed by atoms with van der Waals surface area (Å²) in [6.45, 7) is 0. The number of aromatic nitrogens is 2. The summed E-state index contributed by atoms with van der Waals surface area (Å²) in [4.78, 5) is 17.5. The van der Waals surface area contributed by atoms with Crippen molar-refractivity contribution in [3.05, 3.63) is 28.6 Å². The van der Waals surface area contributed by atoms with E-state index in [1.165, 1.54) is 0 Å². The Bertz CT molecular complexity index is 436. The molecule has 2 rings (SSSR count). The summed E-state index contributed by atoms with van der Waals surface area (Å²) in [6, 6.07) is 1.81. The molecule has 12 heavy (non-hydrogen) atoms. The molecule has 0 aliphatic heterocycles. The van der Waals surface area contributed by atoms with E-state index in [1.807, 2.05) is 0 Å². The number of carbonyl (C=O) groups is 1. The van der Waals surface area contributed by atoms with E-state index in [0.29, 0.717) is 5.56 Å². The summed E-state index contributed by atoms with van der Waals surface area (Å²) in [7, 11) is 0. The number of carbonyl (C=O) groups excluding carboxylic acids is 1. The normalized spacial score (nSPS) is 10.4. The zero-order valence-corrected chi connectivity index (χ0v) is 7.63. The molecule has 1 N–H and O–H groups in total.